The summed E-state index contributed by atoms with van der Waals surface area (Å²) in [5.74, 6) is -104. The summed E-state index contributed by atoms with van der Waals surface area (Å²) in [6.07, 6.45) is 20.8. The summed E-state index contributed by atoms with van der Waals surface area (Å²) in [5, 5.41) is -27.0. The fourth-order valence-corrected chi connectivity index (χ4v) is 13.1. The van der Waals surface area contributed by atoms with Crippen LogP contribution in [-0.2, 0) is 0 Å². The third-order valence-corrected chi connectivity index (χ3v) is 17.9. The van der Waals surface area contributed by atoms with Gasteiger partial charge in [0, 0.05) is 0 Å². The van der Waals surface area contributed by atoms with Gasteiger partial charge in [-0.1, -0.05) is 111 Å². The Morgan fingerprint density at radius 2 is 0.309 bits per heavy atom. The van der Waals surface area contributed by atoms with E-state index in [1.807, 2.05) is 0 Å². The molecule has 0 spiro atoms. The number of hydrogen-bond acceptors (Lipinski definition) is 0. The lowest BCUT2D eigenvalue weighted by Gasteiger charge is -2.47. The molecule has 8 rings (SSSR count). The second-order valence-corrected chi connectivity index (χ2v) is 24.1. The molecule has 0 heterocycles. The minimum absolute atomic E-state index is 1.36. The summed E-state index contributed by atoms with van der Waals surface area (Å²) >= 11 is 0. The predicted molar refractivity (Wildman–Crippen MR) is 309 cm³/mol. The Hall–Kier alpha value is -7.14. The fourth-order valence-electron chi connectivity index (χ4n) is 13.1. The van der Waals surface area contributed by atoms with Crippen molar-refractivity contribution in [2.45, 2.75) is 149 Å². The first-order valence-electron chi connectivity index (χ1n) is 31.0. The number of halogens is 28. The Bertz CT molecular complexity index is 3800. The first-order valence-corrected chi connectivity index (χ1v) is 31.0. The summed E-state index contributed by atoms with van der Waals surface area (Å²) in [6.45, 7) is 11.2. The van der Waals surface area contributed by atoms with Gasteiger partial charge in [0.15, 0.2) is 140 Å². The predicted octanol–water partition coefficient (Wildman–Crippen LogP) is 20.9. The SMILES string of the molecule is CCCCCCCCCC[N+](C)(CCCCCCCC)CCCCCCCC.Fc1c(F)c(F)c2c([B-](c3c(F)c(F)c(F)c4c(F)c(F)c(F)c(F)c34)(c3c(F)c(F)c(F)c4c(F)c(F)c(F)c(F)c34)c3c(F)c(F)c(F)c4c(F)c(F)c(F)c(F)c34)c(F)c(F)c(F)c2c1F. The van der Waals surface area contributed by atoms with E-state index in [9.17, 15) is 17.6 Å². The average Bonchev–Trinajstić information content (AvgIpc) is 0.663. The number of rotatable bonds is 27. The van der Waals surface area contributed by atoms with E-state index in [4.69, 9.17) is 0 Å². The van der Waals surface area contributed by atoms with E-state index < -0.39 is 234 Å². The second-order valence-electron chi connectivity index (χ2n) is 24.1. The zero-order valence-corrected chi connectivity index (χ0v) is 51.9. The van der Waals surface area contributed by atoms with E-state index in [-0.39, 0.29) is 0 Å². The van der Waals surface area contributed by atoms with Crippen LogP contribution in [0.4, 0.5) is 123 Å². The zero-order chi connectivity index (χ0) is 72.4. The molecule has 0 unspecified atom stereocenters. The van der Waals surface area contributed by atoms with Crippen LogP contribution in [0.3, 0.4) is 0 Å². The molecule has 8 aromatic carbocycles. The molecule has 0 saturated carbocycles. The van der Waals surface area contributed by atoms with Crippen LogP contribution in [0.2, 0.25) is 0 Å². The van der Waals surface area contributed by atoms with Gasteiger partial charge in [0.2, 0.25) is 0 Å². The maximum Gasteiger partial charge on any atom is 0.198 e. The van der Waals surface area contributed by atoms with E-state index in [2.05, 4.69) is 27.8 Å². The Morgan fingerprint density at radius 1 is 0.175 bits per heavy atom. The highest BCUT2D eigenvalue weighted by atomic mass is 19.2. The zero-order valence-electron chi connectivity index (χ0n) is 51.9. The highest BCUT2D eigenvalue weighted by Crippen LogP contribution is 2.42. The third kappa shape index (κ3) is 13.6. The molecule has 97 heavy (non-hydrogen) atoms. The highest BCUT2D eigenvalue weighted by Gasteiger charge is 2.52. The molecule has 1 nitrogen and oxygen atoms in total. The van der Waals surface area contributed by atoms with Gasteiger partial charge in [-0.05, 0) is 60.1 Å². The van der Waals surface area contributed by atoms with Crippen molar-refractivity contribution in [1.29, 1.82) is 0 Å². The summed E-state index contributed by atoms with van der Waals surface area (Å²) < 4.78 is 448. The average molecular weight is 1420 g/mol. The van der Waals surface area contributed by atoms with Crippen molar-refractivity contribution in [3.05, 3.63) is 163 Å². The molecule has 30 heteroatoms. The summed E-state index contributed by atoms with van der Waals surface area (Å²) in [7, 11) is 2.57. The Balaban J connectivity index is 0.000000400. The van der Waals surface area contributed by atoms with Gasteiger partial charge < -0.3 is 4.48 Å². The topological polar surface area (TPSA) is 0 Å². The highest BCUT2D eigenvalue weighted by molar-refractivity contribution is 7.23. The van der Waals surface area contributed by atoms with Gasteiger partial charge in [0.1, 0.15) is 29.4 Å². The van der Waals surface area contributed by atoms with Crippen molar-refractivity contribution in [1.82, 2.24) is 0 Å². The van der Waals surface area contributed by atoms with Crippen molar-refractivity contribution in [2.24, 2.45) is 0 Å². The van der Waals surface area contributed by atoms with E-state index in [0.717, 1.165) is 0 Å². The minimum atomic E-state index is -8.05. The van der Waals surface area contributed by atoms with Gasteiger partial charge in [0.05, 0.1) is 48.2 Å². The molecular weight excluding hydrogens is 1360 g/mol. The molecule has 0 saturated heterocycles. The maximum atomic E-state index is 17.3. The molecule has 0 amide bonds. The van der Waals surface area contributed by atoms with Crippen LogP contribution < -0.4 is 21.9 Å². The quantitative estimate of drug-likeness (QED) is 0.0120. The molecule has 0 fully saturated rings. The van der Waals surface area contributed by atoms with E-state index >= 15 is 105 Å². The van der Waals surface area contributed by atoms with E-state index in [1.54, 1.807) is 0 Å². The number of benzene rings is 8. The number of quaternary nitrogens is 1. The lowest BCUT2D eigenvalue weighted by molar-refractivity contribution is -0.910. The summed E-state index contributed by atoms with van der Waals surface area (Å²) in [5.41, 5.74) is -15.5. The Kier molecular flexibility index (Phi) is 25.0. The van der Waals surface area contributed by atoms with E-state index in [1.165, 1.54) is 153 Å². The summed E-state index contributed by atoms with van der Waals surface area (Å²) in [4.78, 5) is 0. The number of hydrogen-bond donors (Lipinski definition) is 0. The first kappa shape index (κ1) is 77.2. The van der Waals surface area contributed by atoms with Crippen molar-refractivity contribution in [2.75, 3.05) is 26.7 Å². The Morgan fingerprint density at radius 3 is 0.474 bits per heavy atom. The van der Waals surface area contributed by atoms with Crippen LogP contribution in [0.15, 0.2) is 0 Å². The van der Waals surface area contributed by atoms with E-state index in [0.29, 0.717) is 0 Å². The minimum Gasteiger partial charge on any atom is -0.326 e. The maximum absolute atomic E-state index is 17.3. The van der Waals surface area contributed by atoms with Gasteiger partial charge >= 0.3 is 0 Å². The third-order valence-electron chi connectivity index (χ3n) is 17.9. The van der Waals surface area contributed by atoms with Crippen LogP contribution in [0.1, 0.15) is 149 Å². The fraction of sp³-hybridized carbons (Fsp3) is 0.403. The smallest absolute Gasteiger partial charge is 0.198 e. The molecule has 0 N–H and O–H groups in total. The number of nitrogens with zero attached hydrogens (tertiary/aromatic N) is 1. The van der Waals surface area contributed by atoms with Gasteiger partial charge in [-0.3, -0.25) is 0 Å². The molecule has 530 valence electrons. The van der Waals surface area contributed by atoms with Crippen LogP contribution in [0.5, 0.6) is 0 Å². The lowest BCUT2D eigenvalue weighted by Crippen LogP contribution is -2.79. The van der Waals surface area contributed by atoms with Crippen LogP contribution in [0, 0.1) is 163 Å². The molecule has 0 aliphatic heterocycles. The van der Waals surface area contributed by atoms with Gasteiger partial charge in [-0.25, -0.2) is 123 Å². The van der Waals surface area contributed by atoms with Gasteiger partial charge in [-0.15, -0.1) is 21.9 Å². The second kappa shape index (κ2) is 31.4. The lowest BCUT2D eigenvalue weighted by atomic mass is 9.11. The van der Waals surface area contributed by atoms with Crippen LogP contribution >= 0.6 is 0 Å². The van der Waals surface area contributed by atoms with Crippen molar-refractivity contribution < 1.29 is 127 Å². The van der Waals surface area contributed by atoms with Crippen LogP contribution in [0.25, 0.3) is 43.1 Å². The molecule has 0 aliphatic carbocycles. The summed E-state index contributed by atoms with van der Waals surface area (Å²) in [6, 6.07) is 0. The standard InChI is InChI=1S/C40BF28.C27H58N/c42-13-1-5(21(50)37(66)33(13)62)17(46)29(58)25(54)9(1)41(10-2-6(18(47)30(59)26(10)55)22(51)38(67)34(63)14(2)43,11-3-7(19(48)31(60)27(11)56)23(52)39(68)35(64)15(3)44)12-4-8(20(49)32(61)28(12)57)24(53)40(69)36(65)16(4)45;1-5-8-11-14-17-18-21-24-27-28(4,25-22-19-15-12-9-6-2)26-23-20-16-13-10-7-3/h;5-27H2,1-4H3/q-1;+1. The van der Waals surface area contributed by atoms with Crippen molar-refractivity contribution in [3.63, 3.8) is 0 Å². The molecule has 0 bridgehead atoms. The van der Waals surface area contributed by atoms with Crippen molar-refractivity contribution in [3.8, 4) is 0 Å². The largest absolute Gasteiger partial charge is 0.326 e. The number of unbranched alkanes of at least 4 members (excludes halogenated alkanes) is 17. The molecule has 0 aliphatic rings. The molecular formula is C67H58BF28N. The normalized spacial score (nSPS) is 12.2. The first-order chi connectivity index (χ1) is 45.7. The molecule has 0 radical (unpaired) electrons. The molecule has 8 aromatic rings. The Labute approximate surface area is 535 Å². The molecule has 0 atom stereocenters. The van der Waals surface area contributed by atoms with Gasteiger partial charge in [0.25, 0.3) is 0 Å². The van der Waals surface area contributed by atoms with Crippen LogP contribution in [-0.4, -0.2) is 37.3 Å². The molecule has 0 aromatic heterocycles. The number of fused-ring (bicyclic) bond motifs is 4. The monoisotopic (exact) mass is 1420 g/mol. The van der Waals surface area contributed by atoms with Gasteiger partial charge in [-0.2, -0.15) is 0 Å². The van der Waals surface area contributed by atoms with Crippen molar-refractivity contribution >= 4 is 71.1 Å².